The Hall–Kier alpha value is -1.53. The first-order valence-corrected chi connectivity index (χ1v) is 6.49. The Balaban J connectivity index is 2.20. The maximum atomic E-state index is 8.77. The minimum Gasteiger partial charge on any atom is -0.494 e. The van der Waals surface area contributed by atoms with Crippen LogP contribution in [0.25, 0.3) is 0 Å². The normalized spacial score (nSPS) is 13.7. The highest BCUT2D eigenvalue weighted by Gasteiger charge is 2.15. The van der Waals surface area contributed by atoms with Gasteiger partial charge in [0, 0.05) is 0 Å². The lowest BCUT2D eigenvalue weighted by Crippen LogP contribution is -2.33. The van der Waals surface area contributed by atoms with Crippen LogP contribution in [-0.4, -0.2) is 12.1 Å². The van der Waals surface area contributed by atoms with Crippen LogP contribution in [-0.2, 0) is 6.42 Å². The first-order valence-electron chi connectivity index (χ1n) is 6.49. The topological polar surface area (TPSA) is 59.0 Å². The summed E-state index contributed by atoms with van der Waals surface area (Å²) in [6.07, 6.45) is 3.59. The van der Waals surface area contributed by atoms with Crippen molar-refractivity contribution in [2.24, 2.45) is 5.73 Å². The molecule has 18 heavy (non-hydrogen) atoms. The molecule has 3 heteroatoms. The Labute approximate surface area is 110 Å². The van der Waals surface area contributed by atoms with Crippen molar-refractivity contribution < 1.29 is 4.74 Å². The number of nitrogens with two attached hydrogens (primary N) is 1. The third kappa shape index (κ3) is 5.20. The van der Waals surface area contributed by atoms with Crippen LogP contribution < -0.4 is 10.5 Å². The quantitative estimate of drug-likeness (QED) is 0.752. The fraction of sp³-hybridized carbons (Fsp3) is 0.533. The average molecular weight is 246 g/mol. The van der Waals surface area contributed by atoms with Crippen molar-refractivity contribution in [2.45, 2.75) is 45.1 Å². The van der Waals surface area contributed by atoms with E-state index in [-0.39, 0.29) is 0 Å². The van der Waals surface area contributed by atoms with Gasteiger partial charge in [0.05, 0.1) is 12.7 Å². The molecule has 1 unspecified atom stereocenters. The van der Waals surface area contributed by atoms with Crippen LogP contribution in [0.2, 0.25) is 0 Å². The summed E-state index contributed by atoms with van der Waals surface area (Å²) in [6, 6.07) is 10.3. The van der Waals surface area contributed by atoms with Gasteiger partial charge in [0.25, 0.3) is 0 Å². The van der Waals surface area contributed by atoms with E-state index in [4.69, 9.17) is 15.7 Å². The molecule has 1 atom stereocenters. The molecule has 0 spiro atoms. The lowest BCUT2D eigenvalue weighted by atomic mass is 9.98. The number of hydrogen-bond donors (Lipinski definition) is 1. The summed E-state index contributed by atoms with van der Waals surface area (Å²) in [4.78, 5) is 0. The number of ether oxygens (including phenoxy) is 1. The standard InChI is InChI=1S/C15H22N2O/c1-3-13-6-8-14(9-7-13)18-11-5-4-10-15(2,17)12-16/h6-9H,3-5,10-11,17H2,1-2H3. The molecular weight excluding hydrogens is 224 g/mol. The van der Waals surface area contributed by atoms with Crippen LogP contribution >= 0.6 is 0 Å². The number of nitrogens with zero attached hydrogens (tertiary/aromatic N) is 1. The second-order valence-electron chi connectivity index (χ2n) is 4.83. The summed E-state index contributed by atoms with van der Waals surface area (Å²) >= 11 is 0. The van der Waals surface area contributed by atoms with Gasteiger partial charge in [0.15, 0.2) is 0 Å². The molecular formula is C15H22N2O. The zero-order valence-corrected chi connectivity index (χ0v) is 11.3. The largest absolute Gasteiger partial charge is 0.494 e. The van der Waals surface area contributed by atoms with Gasteiger partial charge in [-0.05, 0) is 50.3 Å². The molecule has 0 aliphatic rings. The number of hydrogen-bond acceptors (Lipinski definition) is 3. The highest BCUT2D eigenvalue weighted by molar-refractivity contribution is 5.27. The highest BCUT2D eigenvalue weighted by atomic mass is 16.5. The third-order valence-electron chi connectivity index (χ3n) is 2.95. The molecule has 0 saturated heterocycles. The van der Waals surface area contributed by atoms with Crippen LogP contribution in [0.3, 0.4) is 0 Å². The summed E-state index contributed by atoms with van der Waals surface area (Å²) < 4.78 is 5.63. The van der Waals surface area contributed by atoms with E-state index in [0.29, 0.717) is 13.0 Å². The smallest absolute Gasteiger partial charge is 0.119 e. The molecule has 0 aliphatic carbocycles. The number of rotatable bonds is 7. The van der Waals surface area contributed by atoms with Gasteiger partial charge in [0.2, 0.25) is 0 Å². The Bertz CT molecular complexity index is 390. The Morgan fingerprint density at radius 2 is 1.94 bits per heavy atom. The Morgan fingerprint density at radius 1 is 1.28 bits per heavy atom. The van der Waals surface area contributed by atoms with Crippen molar-refractivity contribution in [3.8, 4) is 11.8 Å². The molecule has 2 N–H and O–H groups in total. The third-order valence-corrected chi connectivity index (χ3v) is 2.95. The van der Waals surface area contributed by atoms with Crippen LogP contribution in [0.5, 0.6) is 5.75 Å². The lowest BCUT2D eigenvalue weighted by molar-refractivity contribution is 0.300. The first kappa shape index (κ1) is 14.5. The van der Waals surface area contributed by atoms with E-state index >= 15 is 0 Å². The molecule has 0 fully saturated rings. The molecule has 0 aliphatic heterocycles. The van der Waals surface area contributed by atoms with E-state index in [1.807, 2.05) is 12.1 Å². The maximum Gasteiger partial charge on any atom is 0.119 e. The van der Waals surface area contributed by atoms with E-state index in [1.54, 1.807) is 6.92 Å². The molecule has 0 radical (unpaired) electrons. The van der Waals surface area contributed by atoms with Crippen molar-refractivity contribution in [3.63, 3.8) is 0 Å². The fourth-order valence-electron chi connectivity index (χ4n) is 1.66. The van der Waals surface area contributed by atoms with E-state index in [1.165, 1.54) is 5.56 Å². The predicted molar refractivity (Wildman–Crippen MR) is 73.4 cm³/mol. The fourth-order valence-corrected chi connectivity index (χ4v) is 1.66. The summed E-state index contributed by atoms with van der Waals surface area (Å²) in [6.45, 7) is 4.57. The van der Waals surface area contributed by atoms with Gasteiger partial charge in [0.1, 0.15) is 11.3 Å². The molecule has 1 aromatic carbocycles. The molecule has 3 nitrogen and oxygen atoms in total. The number of unbranched alkanes of at least 4 members (excludes halogenated alkanes) is 1. The zero-order chi connectivity index (χ0) is 13.4. The minimum absolute atomic E-state index is 0.674. The monoisotopic (exact) mass is 246 g/mol. The van der Waals surface area contributed by atoms with Crippen LogP contribution in [0, 0.1) is 11.3 Å². The predicted octanol–water partition coefficient (Wildman–Crippen LogP) is 3.04. The van der Waals surface area contributed by atoms with E-state index in [9.17, 15) is 0 Å². The number of aryl methyl sites for hydroxylation is 1. The highest BCUT2D eigenvalue weighted by Crippen LogP contribution is 2.14. The van der Waals surface area contributed by atoms with Gasteiger partial charge in [-0.25, -0.2) is 0 Å². The molecule has 1 aromatic rings. The van der Waals surface area contributed by atoms with E-state index in [2.05, 4.69) is 25.1 Å². The minimum atomic E-state index is -0.706. The van der Waals surface area contributed by atoms with Crippen molar-refractivity contribution in [1.82, 2.24) is 0 Å². The van der Waals surface area contributed by atoms with Gasteiger partial charge < -0.3 is 10.5 Å². The summed E-state index contributed by atoms with van der Waals surface area (Å²) in [5.41, 5.74) is 6.35. The molecule has 0 bridgehead atoms. The summed E-state index contributed by atoms with van der Waals surface area (Å²) in [7, 11) is 0. The van der Waals surface area contributed by atoms with E-state index < -0.39 is 5.54 Å². The first-order chi connectivity index (χ1) is 8.57. The summed E-state index contributed by atoms with van der Waals surface area (Å²) in [5, 5.41) is 8.77. The molecule has 1 rings (SSSR count). The van der Waals surface area contributed by atoms with Crippen molar-refractivity contribution in [1.29, 1.82) is 5.26 Å². The molecule has 98 valence electrons. The average Bonchev–Trinajstić information content (AvgIpc) is 2.39. The zero-order valence-electron chi connectivity index (χ0n) is 11.3. The number of nitriles is 1. The van der Waals surface area contributed by atoms with Crippen LogP contribution in [0.15, 0.2) is 24.3 Å². The van der Waals surface area contributed by atoms with Crippen LogP contribution in [0.1, 0.15) is 38.7 Å². The molecule has 0 aromatic heterocycles. The van der Waals surface area contributed by atoms with Crippen molar-refractivity contribution in [2.75, 3.05) is 6.61 Å². The SMILES string of the molecule is CCc1ccc(OCCCCC(C)(N)C#N)cc1. The summed E-state index contributed by atoms with van der Waals surface area (Å²) in [5.74, 6) is 0.906. The van der Waals surface area contributed by atoms with Gasteiger partial charge in [-0.15, -0.1) is 0 Å². The van der Waals surface area contributed by atoms with Crippen molar-refractivity contribution in [3.05, 3.63) is 29.8 Å². The lowest BCUT2D eigenvalue weighted by Gasteiger charge is -2.14. The maximum absolute atomic E-state index is 8.77. The molecule has 0 amide bonds. The van der Waals surface area contributed by atoms with Gasteiger partial charge in [-0.1, -0.05) is 19.1 Å². The van der Waals surface area contributed by atoms with Crippen molar-refractivity contribution >= 4 is 0 Å². The molecule has 0 heterocycles. The van der Waals surface area contributed by atoms with E-state index in [0.717, 1.165) is 25.0 Å². The molecule has 0 saturated carbocycles. The van der Waals surface area contributed by atoms with Gasteiger partial charge >= 0.3 is 0 Å². The van der Waals surface area contributed by atoms with Crippen LogP contribution in [0.4, 0.5) is 0 Å². The number of benzene rings is 1. The Kier molecular flexibility index (Phi) is 5.67. The Morgan fingerprint density at radius 3 is 2.50 bits per heavy atom. The van der Waals surface area contributed by atoms with Gasteiger partial charge in [-0.3, -0.25) is 0 Å². The van der Waals surface area contributed by atoms with Gasteiger partial charge in [-0.2, -0.15) is 5.26 Å². The second-order valence-corrected chi connectivity index (χ2v) is 4.83. The second kappa shape index (κ2) is 7.03.